The van der Waals surface area contributed by atoms with E-state index < -0.39 is 5.60 Å². The van der Waals surface area contributed by atoms with Crippen molar-refractivity contribution >= 4 is 16.3 Å². The molecule has 1 aliphatic rings. The summed E-state index contributed by atoms with van der Waals surface area (Å²) in [5.74, 6) is 2.03. The highest BCUT2D eigenvalue weighted by Crippen LogP contribution is 2.41. The van der Waals surface area contributed by atoms with E-state index >= 15 is 0 Å². The molecule has 0 saturated heterocycles. The summed E-state index contributed by atoms with van der Waals surface area (Å²) < 4.78 is 7.72. The Morgan fingerprint density at radius 2 is 2.30 bits per heavy atom. The summed E-state index contributed by atoms with van der Waals surface area (Å²) in [7, 11) is 0. The number of nitrogens with zero attached hydrogens (tertiary/aromatic N) is 2. The maximum absolute atomic E-state index is 10.6. The quantitative estimate of drug-likeness (QED) is 0.728. The molecule has 6 heteroatoms. The van der Waals surface area contributed by atoms with E-state index in [0.29, 0.717) is 24.8 Å². The van der Waals surface area contributed by atoms with Crippen molar-refractivity contribution in [2.24, 2.45) is 0 Å². The maximum atomic E-state index is 10.6. The van der Waals surface area contributed by atoms with Gasteiger partial charge < -0.3 is 14.8 Å². The van der Waals surface area contributed by atoms with Gasteiger partial charge >= 0.3 is 0 Å². The minimum Gasteiger partial charge on any atom is -0.463 e. The van der Waals surface area contributed by atoms with Crippen molar-refractivity contribution in [2.45, 2.75) is 44.8 Å². The van der Waals surface area contributed by atoms with Crippen LogP contribution in [0.4, 0.5) is 0 Å². The molecule has 3 aromatic heterocycles. The Balaban J connectivity index is 1.49. The number of thiazole rings is 1. The fourth-order valence-corrected chi connectivity index (χ4v) is 3.68. The number of nitrogens with one attached hydrogen (secondary N) is 1. The lowest BCUT2D eigenvalue weighted by atomic mass is 10.0. The molecule has 1 unspecified atom stereocenters. The molecule has 0 spiro atoms. The van der Waals surface area contributed by atoms with Gasteiger partial charge in [-0.3, -0.25) is 4.40 Å². The Morgan fingerprint density at radius 3 is 3.00 bits per heavy atom. The van der Waals surface area contributed by atoms with Crippen molar-refractivity contribution in [3.8, 4) is 0 Å². The SMILES string of the molecule is Cc1ccc(C(C)(O)CNCc2c(C3CC3)nc3sccn23)o1. The second kappa shape index (κ2) is 5.47. The fourth-order valence-electron chi connectivity index (χ4n) is 2.94. The molecule has 0 aromatic carbocycles. The standard InChI is InChI=1S/C17H21N3O2S/c1-11-3-6-14(22-11)17(2,21)10-18-9-13-15(12-4-5-12)19-16-20(13)7-8-23-16/h3,6-8,12,18,21H,4-5,9-10H2,1-2H3. The normalized spacial score (nSPS) is 17.7. The maximum Gasteiger partial charge on any atom is 0.194 e. The second-order valence-corrected chi connectivity index (χ2v) is 7.43. The molecule has 1 saturated carbocycles. The van der Waals surface area contributed by atoms with Crippen LogP contribution in [-0.2, 0) is 12.1 Å². The summed E-state index contributed by atoms with van der Waals surface area (Å²) in [6, 6.07) is 3.71. The van der Waals surface area contributed by atoms with Gasteiger partial charge in [-0.15, -0.1) is 11.3 Å². The topological polar surface area (TPSA) is 62.7 Å². The number of rotatable bonds is 6. The molecule has 0 amide bonds. The fraction of sp³-hybridized carbons (Fsp3) is 0.471. The van der Waals surface area contributed by atoms with Crippen LogP contribution in [0.15, 0.2) is 28.1 Å². The second-order valence-electron chi connectivity index (χ2n) is 6.56. The van der Waals surface area contributed by atoms with Crippen LogP contribution in [-0.4, -0.2) is 21.0 Å². The van der Waals surface area contributed by atoms with E-state index in [1.54, 1.807) is 18.3 Å². The lowest BCUT2D eigenvalue weighted by Gasteiger charge is -2.21. The average Bonchev–Trinajstić information content (AvgIpc) is 2.93. The van der Waals surface area contributed by atoms with Crippen LogP contribution in [0.5, 0.6) is 0 Å². The molecule has 2 N–H and O–H groups in total. The molecule has 0 bridgehead atoms. The van der Waals surface area contributed by atoms with E-state index in [1.165, 1.54) is 24.2 Å². The third-order valence-electron chi connectivity index (χ3n) is 4.39. The zero-order valence-electron chi connectivity index (χ0n) is 13.4. The van der Waals surface area contributed by atoms with E-state index in [4.69, 9.17) is 9.40 Å². The van der Waals surface area contributed by atoms with Gasteiger partial charge in [-0.25, -0.2) is 4.98 Å². The van der Waals surface area contributed by atoms with E-state index in [2.05, 4.69) is 21.3 Å². The van der Waals surface area contributed by atoms with Gasteiger partial charge in [0.15, 0.2) is 4.96 Å². The van der Waals surface area contributed by atoms with E-state index in [1.807, 2.05) is 19.1 Å². The van der Waals surface area contributed by atoms with Crippen molar-refractivity contribution in [3.63, 3.8) is 0 Å². The third-order valence-corrected chi connectivity index (χ3v) is 5.15. The number of aliphatic hydroxyl groups is 1. The smallest absolute Gasteiger partial charge is 0.194 e. The number of hydrogen-bond acceptors (Lipinski definition) is 5. The first kappa shape index (κ1) is 14.9. The van der Waals surface area contributed by atoms with Crippen molar-refractivity contribution < 1.29 is 9.52 Å². The first-order valence-corrected chi connectivity index (χ1v) is 8.87. The Hall–Kier alpha value is -1.63. The monoisotopic (exact) mass is 331 g/mol. The minimum absolute atomic E-state index is 0.432. The molecular formula is C17H21N3O2S. The van der Waals surface area contributed by atoms with Crippen molar-refractivity contribution in [2.75, 3.05) is 6.54 Å². The first-order chi connectivity index (χ1) is 11.0. The summed E-state index contributed by atoms with van der Waals surface area (Å²) in [5, 5.41) is 16.0. The van der Waals surface area contributed by atoms with Gasteiger partial charge in [-0.05, 0) is 38.8 Å². The molecule has 1 atom stereocenters. The lowest BCUT2D eigenvalue weighted by molar-refractivity contribution is 0.0331. The van der Waals surface area contributed by atoms with Gasteiger partial charge in [0.25, 0.3) is 0 Å². The van der Waals surface area contributed by atoms with E-state index in [-0.39, 0.29) is 0 Å². The summed E-state index contributed by atoms with van der Waals surface area (Å²) in [5.41, 5.74) is 1.42. The zero-order chi connectivity index (χ0) is 16.0. The van der Waals surface area contributed by atoms with E-state index in [0.717, 1.165) is 10.7 Å². The van der Waals surface area contributed by atoms with Gasteiger partial charge in [0.1, 0.15) is 17.1 Å². The summed E-state index contributed by atoms with van der Waals surface area (Å²) in [6.45, 7) is 4.78. The summed E-state index contributed by atoms with van der Waals surface area (Å²) in [4.78, 5) is 5.82. The molecule has 4 rings (SSSR count). The molecule has 0 aliphatic heterocycles. The van der Waals surface area contributed by atoms with Gasteiger partial charge in [-0.2, -0.15) is 0 Å². The summed E-state index contributed by atoms with van der Waals surface area (Å²) >= 11 is 1.67. The van der Waals surface area contributed by atoms with Gasteiger partial charge in [-0.1, -0.05) is 0 Å². The predicted octanol–water partition coefficient (Wildman–Crippen LogP) is 3.17. The molecule has 1 aliphatic carbocycles. The zero-order valence-corrected chi connectivity index (χ0v) is 14.2. The highest BCUT2D eigenvalue weighted by Gasteiger charge is 2.31. The highest BCUT2D eigenvalue weighted by molar-refractivity contribution is 7.15. The first-order valence-electron chi connectivity index (χ1n) is 7.99. The van der Waals surface area contributed by atoms with Crippen LogP contribution in [0.1, 0.15) is 48.6 Å². The van der Waals surface area contributed by atoms with E-state index in [9.17, 15) is 5.11 Å². The number of furan rings is 1. The van der Waals surface area contributed by atoms with Crippen molar-refractivity contribution in [3.05, 3.63) is 46.6 Å². The van der Waals surface area contributed by atoms with Crippen LogP contribution in [0.3, 0.4) is 0 Å². The predicted molar refractivity (Wildman–Crippen MR) is 89.8 cm³/mol. The molecule has 23 heavy (non-hydrogen) atoms. The third kappa shape index (κ3) is 2.82. The van der Waals surface area contributed by atoms with Crippen LogP contribution >= 0.6 is 11.3 Å². The highest BCUT2D eigenvalue weighted by atomic mass is 32.1. The van der Waals surface area contributed by atoms with Gasteiger partial charge in [0.05, 0.1) is 11.4 Å². The van der Waals surface area contributed by atoms with Crippen LogP contribution in [0.25, 0.3) is 4.96 Å². The average molecular weight is 331 g/mol. The number of aromatic nitrogens is 2. The number of hydrogen-bond donors (Lipinski definition) is 2. The molecular weight excluding hydrogens is 310 g/mol. The van der Waals surface area contributed by atoms with Crippen LogP contribution in [0.2, 0.25) is 0 Å². The largest absolute Gasteiger partial charge is 0.463 e. The van der Waals surface area contributed by atoms with Crippen LogP contribution < -0.4 is 5.32 Å². The Bertz CT molecular complexity index is 826. The molecule has 3 heterocycles. The number of fused-ring (bicyclic) bond motifs is 1. The van der Waals surface area contributed by atoms with Gasteiger partial charge in [0, 0.05) is 30.6 Å². The lowest BCUT2D eigenvalue weighted by Crippen LogP contribution is -2.35. The molecule has 0 radical (unpaired) electrons. The van der Waals surface area contributed by atoms with Crippen molar-refractivity contribution in [1.29, 1.82) is 0 Å². The molecule has 122 valence electrons. The molecule has 1 fully saturated rings. The molecule has 3 aromatic rings. The van der Waals surface area contributed by atoms with Gasteiger partial charge in [0.2, 0.25) is 0 Å². The Labute approximate surface area is 139 Å². The number of imidazole rings is 1. The van der Waals surface area contributed by atoms with Crippen LogP contribution in [0, 0.1) is 6.92 Å². The Kier molecular flexibility index (Phi) is 3.55. The minimum atomic E-state index is -1.02. The number of aryl methyl sites for hydroxylation is 1. The molecule has 5 nitrogen and oxygen atoms in total. The van der Waals surface area contributed by atoms with Crippen molar-refractivity contribution in [1.82, 2.24) is 14.7 Å². The Morgan fingerprint density at radius 1 is 1.48 bits per heavy atom. The summed E-state index contributed by atoms with van der Waals surface area (Å²) in [6.07, 6.45) is 4.55.